The summed E-state index contributed by atoms with van der Waals surface area (Å²) < 4.78 is 5.33. The number of likely N-dealkylation sites (tertiary alicyclic amines) is 1. The van der Waals surface area contributed by atoms with E-state index < -0.39 is 0 Å². The molecule has 3 aromatic rings. The van der Waals surface area contributed by atoms with Gasteiger partial charge in [0, 0.05) is 41.0 Å². The zero-order chi connectivity index (χ0) is 20.4. The van der Waals surface area contributed by atoms with Crippen LogP contribution in [0, 0.1) is 0 Å². The molecule has 150 valence electrons. The molecule has 1 fully saturated rings. The smallest absolute Gasteiger partial charge is 0.257 e. The molecule has 1 aromatic carbocycles. The first-order valence-electron chi connectivity index (χ1n) is 9.32. The summed E-state index contributed by atoms with van der Waals surface area (Å²) in [5.41, 5.74) is 1.84. The Bertz CT molecular complexity index is 1080. The van der Waals surface area contributed by atoms with E-state index >= 15 is 0 Å². The fraction of sp³-hybridized carbons (Fsp3) is 0.286. The number of halogens is 1. The number of aromatic amines is 1. The predicted octanol–water partition coefficient (Wildman–Crippen LogP) is 4.18. The van der Waals surface area contributed by atoms with E-state index in [-0.39, 0.29) is 17.4 Å². The molecular weight excluding hydrogens is 410 g/mol. The molecule has 4 rings (SSSR count). The van der Waals surface area contributed by atoms with Crippen LogP contribution in [0.1, 0.15) is 34.9 Å². The largest absolute Gasteiger partial charge is 0.496 e. The van der Waals surface area contributed by atoms with Gasteiger partial charge in [0.2, 0.25) is 0 Å². The number of thiophene rings is 1. The molecule has 0 aliphatic carbocycles. The van der Waals surface area contributed by atoms with Gasteiger partial charge in [-0.3, -0.25) is 9.59 Å². The minimum atomic E-state index is -0.184. The van der Waals surface area contributed by atoms with Crippen LogP contribution in [-0.4, -0.2) is 41.0 Å². The van der Waals surface area contributed by atoms with Gasteiger partial charge in [-0.25, -0.2) is 4.98 Å². The summed E-state index contributed by atoms with van der Waals surface area (Å²) >= 11 is 7.65. The highest BCUT2D eigenvalue weighted by Crippen LogP contribution is 2.29. The lowest BCUT2D eigenvalue weighted by Gasteiger charge is -2.32. The van der Waals surface area contributed by atoms with Crippen LogP contribution in [0.15, 0.2) is 45.9 Å². The lowest BCUT2D eigenvalue weighted by molar-refractivity contribution is 0.0701. The normalized spacial score (nSPS) is 16.6. The van der Waals surface area contributed by atoms with Gasteiger partial charge in [0.1, 0.15) is 11.6 Å². The summed E-state index contributed by atoms with van der Waals surface area (Å²) in [4.78, 5) is 34.7. The Hall–Kier alpha value is -2.64. The molecule has 1 aliphatic heterocycles. The Labute approximate surface area is 177 Å². The number of hydrogen-bond acceptors (Lipinski definition) is 5. The van der Waals surface area contributed by atoms with Crippen LogP contribution in [0.4, 0.5) is 0 Å². The number of amides is 1. The number of aromatic nitrogens is 2. The highest BCUT2D eigenvalue weighted by molar-refractivity contribution is 7.08. The molecule has 0 saturated carbocycles. The predicted molar refractivity (Wildman–Crippen MR) is 114 cm³/mol. The standard InChI is InChI=1S/C21H20ClN3O3S/c1-28-18-5-4-15(22)9-16(18)21(27)25-7-2-3-13(11-25)20-23-17(10-19(26)24-20)14-6-8-29-12-14/h4-6,8-10,12-13H,2-3,7,11H2,1H3,(H,23,24,26). The van der Waals surface area contributed by atoms with E-state index in [2.05, 4.69) is 9.97 Å². The minimum absolute atomic E-state index is 0.0378. The van der Waals surface area contributed by atoms with E-state index in [4.69, 9.17) is 16.3 Å². The molecule has 1 aliphatic rings. The highest BCUT2D eigenvalue weighted by atomic mass is 35.5. The molecule has 1 atom stereocenters. The summed E-state index contributed by atoms with van der Waals surface area (Å²) in [5.74, 6) is 0.941. The third kappa shape index (κ3) is 4.21. The second-order valence-electron chi connectivity index (χ2n) is 6.96. The lowest BCUT2D eigenvalue weighted by Crippen LogP contribution is -2.40. The maximum atomic E-state index is 13.1. The van der Waals surface area contributed by atoms with Crippen molar-refractivity contribution < 1.29 is 9.53 Å². The van der Waals surface area contributed by atoms with Crippen molar-refractivity contribution in [1.29, 1.82) is 0 Å². The number of benzene rings is 1. The third-order valence-electron chi connectivity index (χ3n) is 5.06. The SMILES string of the molecule is COc1ccc(Cl)cc1C(=O)N1CCCC(c2nc(-c3ccsc3)cc(=O)[nH]2)C1. The topological polar surface area (TPSA) is 75.3 Å². The van der Waals surface area contributed by atoms with Crippen molar-refractivity contribution >= 4 is 28.8 Å². The van der Waals surface area contributed by atoms with Crippen molar-refractivity contribution in [2.75, 3.05) is 20.2 Å². The summed E-state index contributed by atoms with van der Waals surface area (Å²) in [6, 6.07) is 8.47. The van der Waals surface area contributed by atoms with Gasteiger partial charge in [0.25, 0.3) is 11.5 Å². The Balaban J connectivity index is 1.60. The monoisotopic (exact) mass is 429 g/mol. The molecule has 1 saturated heterocycles. The van der Waals surface area contributed by atoms with Gasteiger partial charge in [0.15, 0.2) is 0 Å². The van der Waals surface area contributed by atoms with Crippen LogP contribution < -0.4 is 10.3 Å². The number of methoxy groups -OCH3 is 1. The first-order valence-corrected chi connectivity index (χ1v) is 10.6. The number of piperidine rings is 1. The molecule has 6 nitrogen and oxygen atoms in total. The Morgan fingerprint density at radius 1 is 1.34 bits per heavy atom. The Morgan fingerprint density at radius 3 is 2.97 bits per heavy atom. The number of nitrogens with one attached hydrogen (secondary N) is 1. The molecule has 29 heavy (non-hydrogen) atoms. The number of hydrogen-bond donors (Lipinski definition) is 1. The van der Waals surface area contributed by atoms with Crippen molar-refractivity contribution in [2.24, 2.45) is 0 Å². The fourth-order valence-corrected chi connectivity index (χ4v) is 4.45. The fourth-order valence-electron chi connectivity index (χ4n) is 3.63. The third-order valence-corrected chi connectivity index (χ3v) is 5.98. The number of nitrogens with zero attached hydrogens (tertiary/aromatic N) is 2. The maximum absolute atomic E-state index is 13.1. The van der Waals surface area contributed by atoms with Gasteiger partial charge in [-0.05, 0) is 42.5 Å². The number of ether oxygens (including phenoxy) is 1. The van der Waals surface area contributed by atoms with Crippen LogP contribution in [-0.2, 0) is 0 Å². The molecule has 1 amide bonds. The van der Waals surface area contributed by atoms with Crippen molar-refractivity contribution in [3.8, 4) is 17.0 Å². The summed E-state index contributed by atoms with van der Waals surface area (Å²) in [5, 5.41) is 4.41. The summed E-state index contributed by atoms with van der Waals surface area (Å²) in [6.07, 6.45) is 1.68. The molecule has 1 unspecified atom stereocenters. The van der Waals surface area contributed by atoms with E-state index in [9.17, 15) is 9.59 Å². The molecule has 8 heteroatoms. The van der Waals surface area contributed by atoms with Gasteiger partial charge in [0.05, 0.1) is 18.4 Å². The van der Waals surface area contributed by atoms with Crippen LogP contribution in [0.2, 0.25) is 5.02 Å². The zero-order valence-corrected chi connectivity index (χ0v) is 17.4. The van der Waals surface area contributed by atoms with E-state index in [0.717, 1.165) is 18.4 Å². The van der Waals surface area contributed by atoms with Gasteiger partial charge < -0.3 is 14.6 Å². The highest BCUT2D eigenvalue weighted by Gasteiger charge is 2.28. The second-order valence-corrected chi connectivity index (χ2v) is 8.18. The van der Waals surface area contributed by atoms with Crippen molar-refractivity contribution in [3.63, 3.8) is 0 Å². The first-order chi connectivity index (χ1) is 14.0. The molecule has 3 heterocycles. The van der Waals surface area contributed by atoms with Crippen molar-refractivity contribution in [2.45, 2.75) is 18.8 Å². The quantitative estimate of drug-likeness (QED) is 0.675. The van der Waals surface area contributed by atoms with Gasteiger partial charge >= 0.3 is 0 Å². The maximum Gasteiger partial charge on any atom is 0.257 e. The van der Waals surface area contributed by atoms with Crippen LogP contribution in [0.3, 0.4) is 0 Å². The number of carbonyl (C=O) groups is 1. The first kappa shape index (κ1) is 19.7. The van der Waals surface area contributed by atoms with Crippen molar-refractivity contribution in [1.82, 2.24) is 14.9 Å². The van der Waals surface area contributed by atoms with Crippen LogP contribution in [0.5, 0.6) is 5.75 Å². The summed E-state index contributed by atoms with van der Waals surface area (Å²) in [6.45, 7) is 1.12. The molecule has 0 bridgehead atoms. The molecule has 2 aromatic heterocycles. The average molecular weight is 430 g/mol. The number of H-pyrrole nitrogens is 1. The molecule has 1 N–H and O–H groups in total. The van der Waals surface area contributed by atoms with Gasteiger partial charge in [-0.1, -0.05) is 11.6 Å². The molecular formula is C21H20ClN3O3S. The van der Waals surface area contributed by atoms with Gasteiger partial charge in [-0.15, -0.1) is 0 Å². The Kier molecular flexibility index (Phi) is 5.69. The van der Waals surface area contributed by atoms with E-state index in [1.165, 1.54) is 13.2 Å². The number of rotatable bonds is 4. The zero-order valence-electron chi connectivity index (χ0n) is 15.9. The Morgan fingerprint density at radius 2 is 2.21 bits per heavy atom. The number of carbonyl (C=O) groups excluding carboxylic acids is 1. The average Bonchev–Trinajstić information content (AvgIpc) is 3.28. The minimum Gasteiger partial charge on any atom is -0.496 e. The van der Waals surface area contributed by atoms with Crippen LogP contribution >= 0.6 is 22.9 Å². The molecule has 0 spiro atoms. The van der Waals surface area contributed by atoms with E-state index in [1.54, 1.807) is 34.4 Å². The second kappa shape index (κ2) is 8.39. The van der Waals surface area contributed by atoms with E-state index in [1.807, 2.05) is 16.8 Å². The summed E-state index contributed by atoms with van der Waals surface area (Å²) in [7, 11) is 1.53. The van der Waals surface area contributed by atoms with Crippen molar-refractivity contribution in [3.05, 3.63) is 67.9 Å². The van der Waals surface area contributed by atoms with E-state index in [0.29, 0.717) is 40.9 Å². The molecule has 0 radical (unpaired) electrons. The lowest BCUT2D eigenvalue weighted by atomic mass is 9.96. The van der Waals surface area contributed by atoms with Gasteiger partial charge in [-0.2, -0.15) is 11.3 Å². The van der Waals surface area contributed by atoms with Crippen LogP contribution in [0.25, 0.3) is 11.3 Å².